The molecule has 0 bridgehead atoms. The molecule has 1 N–H and O–H groups in total. The summed E-state index contributed by atoms with van der Waals surface area (Å²) in [5.41, 5.74) is 2.34. The van der Waals surface area contributed by atoms with Crippen LogP contribution in [0.5, 0.6) is 0 Å². The van der Waals surface area contributed by atoms with Crippen LogP contribution in [0.25, 0.3) is 0 Å². The predicted octanol–water partition coefficient (Wildman–Crippen LogP) is 2.09. The van der Waals surface area contributed by atoms with Crippen LogP contribution in [0, 0.1) is 12.3 Å². The van der Waals surface area contributed by atoms with Crippen LogP contribution < -0.4 is 0 Å². The van der Waals surface area contributed by atoms with Gasteiger partial charge in [0.1, 0.15) is 0 Å². The molecular weight excluding hydrogens is 174 g/mol. The van der Waals surface area contributed by atoms with Crippen molar-refractivity contribution < 1.29 is 5.11 Å². The highest BCUT2D eigenvalue weighted by atomic mass is 16.3. The monoisotopic (exact) mass is 191 g/mol. The lowest BCUT2D eigenvalue weighted by Crippen LogP contribution is -2.21. The van der Waals surface area contributed by atoms with Crippen molar-refractivity contribution in [1.82, 2.24) is 4.98 Å². The van der Waals surface area contributed by atoms with Crippen molar-refractivity contribution in [1.29, 1.82) is 0 Å². The van der Waals surface area contributed by atoms with Crippen LogP contribution in [0.15, 0.2) is 18.3 Å². The third kappa shape index (κ3) is 1.95. The number of hydrogen-bond donors (Lipinski definition) is 1. The van der Waals surface area contributed by atoms with Crippen LogP contribution in [0.4, 0.5) is 0 Å². The van der Waals surface area contributed by atoms with E-state index in [1.165, 1.54) is 5.56 Å². The van der Waals surface area contributed by atoms with Gasteiger partial charge in [-0.05, 0) is 36.8 Å². The van der Waals surface area contributed by atoms with Crippen molar-refractivity contribution in [2.24, 2.45) is 5.41 Å². The molecule has 0 saturated heterocycles. The molecule has 1 aromatic rings. The standard InChI is InChI=1S/C12H17NO/c1-9-3-4-10(13-8-9)7-11(14)12(2)5-6-12/h3-4,8,11,14H,5-7H2,1-2H3. The Hall–Kier alpha value is -0.890. The van der Waals surface area contributed by atoms with Crippen LogP contribution in [-0.2, 0) is 6.42 Å². The van der Waals surface area contributed by atoms with Crippen molar-refractivity contribution >= 4 is 0 Å². The van der Waals surface area contributed by atoms with Gasteiger partial charge >= 0.3 is 0 Å². The topological polar surface area (TPSA) is 33.1 Å². The van der Waals surface area contributed by atoms with E-state index in [9.17, 15) is 5.11 Å². The normalized spacial score (nSPS) is 20.5. The van der Waals surface area contributed by atoms with E-state index >= 15 is 0 Å². The fraction of sp³-hybridized carbons (Fsp3) is 0.583. The van der Waals surface area contributed by atoms with E-state index in [2.05, 4.69) is 11.9 Å². The Morgan fingerprint density at radius 2 is 2.21 bits per heavy atom. The minimum Gasteiger partial charge on any atom is -0.392 e. The Kier molecular flexibility index (Phi) is 2.31. The number of rotatable bonds is 3. The maximum absolute atomic E-state index is 9.93. The lowest BCUT2D eigenvalue weighted by atomic mass is 9.97. The van der Waals surface area contributed by atoms with E-state index in [1.807, 2.05) is 25.3 Å². The Bertz CT molecular complexity index is 314. The second-order valence-corrected chi connectivity index (χ2v) is 4.70. The minimum absolute atomic E-state index is 0.173. The molecule has 2 heteroatoms. The highest BCUT2D eigenvalue weighted by Crippen LogP contribution is 2.48. The molecule has 1 atom stereocenters. The fourth-order valence-corrected chi connectivity index (χ4v) is 1.59. The van der Waals surface area contributed by atoms with Crippen molar-refractivity contribution in [3.05, 3.63) is 29.6 Å². The van der Waals surface area contributed by atoms with Crippen molar-refractivity contribution in [3.8, 4) is 0 Å². The molecular formula is C12H17NO. The quantitative estimate of drug-likeness (QED) is 0.793. The van der Waals surface area contributed by atoms with Gasteiger partial charge in [-0.2, -0.15) is 0 Å². The Morgan fingerprint density at radius 3 is 2.71 bits per heavy atom. The summed E-state index contributed by atoms with van der Waals surface area (Å²) in [4.78, 5) is 4.30. The van der Waals surface area contributed by atoms with E-state index in [0.717, 1.165) is 18.5 Å². The Balaban J connectivity index is 2.00. The van der Waals surface area contributed by atoms with Crippen LogP contribution >= 0.6 is 0 Å². The number of hydrogen-bond acceptors (Lipinski definition) is 2. The molecule has 1 unspecified atom stereocenters. The van der Waals surface area contributed by atoms with Crippen molar-refractivity contribution in [2.45, 2.75) is 39.2 Å². The van der Waals surface area contributed by atoms with Crippen molar-refractivity contribution in [2.75, 3.05) is 0 Å². The summed E-state index contributed by atoms with van der Waals surface area (Å²) in [5.74, 6) is 0. The van der Waals surface area contributed by atoms with E-state index in [4.69, 9.17) is 0 Å². The summed E-state index contributed by atoms with van der Waals surface area (Å²) in [6.07, 6.45) is 4.63. The largest absolute Gasteiger partial charge is 0.392 e. The summed E-state index contributed by atoms with van der Waals surface area (Å²) >= 11 is 0. The Labute approximate surface area is 85.0 Å². The third-order valence-corrected chi connectivity index (χ3v) is 3.22. The number of aromatic nitrogens is 1. The fourth-order valence-electron chi connectivity index (χ4n) is 1.59. The van der Waals surface area contributed by atoms with Crippen LogP contribution in [0.2, 0.25) is 0 Å². The summed E-state index contributed by atoms with van der Waals surface area (Å²) in [7, 11) is 0. The van der Waals surface area contributed by atoms with Gasteiger partial charge < -0.3 is 5.11 Å². The lowest BCUT2D eigenvalue weighted by Gasteiger charge is -2.16. The molecule has 0 aromatic carbocycles. The lowest BCUT2D eigenvalue weighted by molar-refractivity contribution is 0.102. The minimum atomic E-state index is -0.224. The average molecular weight is 191 g/mol. The van der Waals surface area contributed by atoms with Gasteiger partial charge in [0.15, 0.2) is 0 Å². The summed E-state index contributed by atoms with van der Waals surface area (Å²) in [6.45, 7) is 4.17. The van der Waals surface area contributed by atoms with E-state index < -0.39 is 0 Å². The molecule has 1 saturated carbocycles. The molecule has 1 fully saturated rings. The first kappa shape index (κ1) is 9.66. The third-order valence-electron chi connectivity index (χ3n) is 3.22. The SMILES string of the molecule is Cc1ccc(CC(O)C2(C)CC2)nc1. The molecule has 0 aliphatic heterocycles. The van der Waals surface area contributed by atoms with Gasteiger partial charge in [0.2, 0.25) is 0 Å². The Morgan fingerprint density at radius 1 is 1.50 bits per heavy atom. The number of aliphatic hydroxyl groups excluding tert-OH is 1. The van der Waals surface area contributed by atoms with Gasteiger partial charge in [-0.3, -0.25) is 4.98 Å². The number of aryl methyl sites for hydroxylation is 1. The summed E-state index contributed by atoms with van der Waals surface area (Å²) in [5, 5.41) is 9.93. The molecule has 0 radical (unpaired) electrons. The van der Waals surface area contributed by atoms with E-state index in [0.29, 0.717) is 6.42 Å². The van der Waals surface area contributed by atoms with Gasteiger partial charge in [0, 0.05) is 18.3 Å². The van der Waals surface area contributed by atoms with Gasteiger partial charge in [-0.15, -0.1) is 0 Å². The first-order chi connectivity index (χ1) is 6.60. The first-order valence-corrected chi connectivity index (χ1v) is 5.20. The average Bonchev–Trinajstić information content (AvgIpc) is 2.89. The van der Waals surface area contributed by atoms with Crippen LogP contribution in [0.3, 0.4) is 0 Å². The summed E-state index contributed by atoms with van der Waals surface area (Å²) < 4.78 is 0. The first-order valence-electron chi connectivity index (χ1n) is 5.20. The molecule has 1 aliphatic rings. The molecule has 2 rings (SSSR count). The van der Waals surface area contributed by atoms with Crippen molar-refractivity contribution in [3.63, 3.8) is 0 Å². The number of pyridine rings is 1. The second kappa shape index (κ2) is 3.35. The molecule has 1 aliphatic carbocycles. The maximum atomic E-state index is 9.93. The zero-order valence-corrected chi connectivity index (χ0v) is 8.83. The zero-order chi connectivity index (χ0) is 10.2. The molecule has 76 valence electrons. The van der Waals surface area contributed by atoms with E-state index in [1.54, 1.807) is 0 Å². The molecule has 0 amide bonds. The summed E-state index contributed by atoms with van der Waals surface area (Å²) in [6, 6.07) is 4.05. The van der Waals surface area contributed by atoms with Crippen LogP contribution in [-0.4, -0.2) is 16.2 Å². The highest BCUT2D eigenvalue weighted by molar-refractivity contribution is 5.14. The number of aliphatic hydroxyl groups is 1. The van der Waals surface area contributed by atoms with E-state index in [-0.39, 0.29) is 11.5 Å². The van der Waals surface area contributed by atoms with Gasteiger partial charge in [0.05, 0.1) is 6.10 Å². The molecule has 2 nitrogen and oxygen atoms in total. The van der Waals surface area contributed by atoms with Gasteiger partial charge in [-0.25, -0.2) is 0 Å². The maximum Gasteiger partial charge on any atom is 0.0649 e. The highest BCUT2D eigenvalue weighted by Gasteiger charge is 2.43. The zero-order valence-electron chi connectivity index (χ0n) is 8.83. The van der Waals surface area contributed by atoms with Gasteiger partial charge in [-0.1, -0.05) is 13.0 Å². The molecule has 1 aromatic heterocycles. The predicted molar refractivity (Wildman–Crippen MR) is 56.0 cm³/mol. The second-order valence-electron chi connectivity index (χ2n) is 4.70. The number of nitrogens with zero attached hydrogens (tertiary/aromatic N) is 1. The molecule has 14 heavy (non-hydrogen) atoms. The molecule has 0 spiro atoms. The van der Waals surface area contributed by atoms with Crippen LogP contribution in [0.1, 0.15) is 31.0 Å². The molecule has 1 heterocycles. The van der Waals surface area contributed by atoms with Gasteiger partial charge in [0.25, 0.3) is 0 Å². The smallest absolute Gasteiger partial charge is 0.0649 e.